The molecule has 18 heavy (non-hydrogen) atoms. The van der Waals surface area contributed by atoms with Crippen molar-refractivity contribution in [2.45, 2.75) is 25.6 Å². The number of ether oxygens (including phenoxy) is 2. The van der Waals surface area contributed by atoms with E-state index in [4.69, 9.17) is 9.47 Å². The summed E-state index contributed by atoms with van der Waals surface area (Å²) in [5.41, 5.74) is 0. The van der Waals surface area contributed by atoms with Gasteiger partial charge in [0, 0.05) is 6.42 Å². The summed E-state index contributed by atoms with van der Waals surface area (Å²) in [6.45, 7) is 0.392. The van der Waals surface area contributed by atoms with Crippen LogP contribution in [0.1, 0.15) is 19.3 Å². The second-order valence-electron chi connectivity index (χ2n) is 3.81. The van der Waals surface area contributed by atoms with Crippen molar-refractivity contribution in [1.82, 2.24) is 0 Å². The van der Waals surface area contributed by atoms with Crippen LogP contribution in [0.15, 0.2) is 0 Å². The van der Waals surface area contributed by atoms with Gasteiger partial charge < -0.3 is 9.47 Å². The van der Waals surface area contributed by atoms with Gasteiger partial charge in [0.2, 0.25) is 11.6 Å². The van der Waals surface area contributed by atoms with E-state index in [1.54, 1.807) is 0 Å². The van der Waals surface area contributed by atoms with Gasteiger partial charge in [0.1, 0.15) is 0 Å². The Balaban J connectivity index is 2.32. The van der Waals surface area contributed by atoms with Gasteiger partial charge in [0.15, 0.2) is 23.7 Å². The molecule has 1 saturated heterocycles. The summed E-state index contributed by atoms with van der Waals surface area (Å²) < 4.78 is 62.8. The molecule has 1 heterocycles. The fourth-order valence-corrected chi connectivity index (χ4v) is 2.10. The molecule has 1 atom stereocenters. The average Bonchev–Trinajstić information content (AvgIpc) is 2.40. The van der Waals surface area contributed by atoms with Gasteiger partial charge in [-0.2, -0.15) is 8.78 Å². The van der Waals surface area contributed by atoms with E-state index in [2.05, 4.69) is 0 Å². The molecule has 0 saturated carbocycles. The van der Waals surface area contributed by atoms with Crippen molar-refractivity contribution in [2.24, 2.45) is 0 Å². The van der Waals surface area contributed by atoms with E-state index in [1.165, 1.54) is 22.6 Å². The topological polar surface area (TPSA) is 18.5 Å². The van der Waals surface area contributed by atoms with Crippen LogP contribution in [0.2, 0.25) is 0 Å². The zero-order valence-corrected chi connectivity index (χ0v) is 11.3. The van der Waals surface area contributed by atoms with Gasteiger partial charge in [-0.3, -0.25) is 0 Å². The third kappa shape index (κ3) is 2.56. The average molecular weight is 376 g/mol. The fourth-order valence-electron chi connectivity index (χ4n) is 1.62. The predicted octanol–water partition coefficient (Wildman–Crippen LogP) is 3.75. The highest BCUT2D eigenvalue weighted by atomic mass is 127. The van der Waals surface area contributed by atoms with Crippen molar-refractivity contribution in [2.75, 3.05) is 6.61 Å². The first-order valence-electron chi connectivity index (χ1n) is 5.32. The highest BCUT2D eigenvalue weighted by Gasteiger charge is 2.28. The van der Waals surface area contributed by atoms with Crippen molar-refractivity contribution in [1.29, 1.82) is 0 Å². The molecular weight excluding hydrogens is 367 g/mol. The minimum absolute atomic E-state index is 0.392. The lowest BCUT2D eigenvalue weighted by Gasteiger charge is -2.24. The molecule has 100 valence electrons. The number of hydrogen-bond acceptors (Lipinski definition) is 2. The lowest BCUT2D eigenvalue weighted by Crippen LogP contribution is -2.26. The molecule has 0 amide bonds. The minimum Gasteiger partial charge on any atom is -0.459 e. The maximum absolute atomic E-state index is 13.5. The van der Waals surface area contributed by atoms with E-state index in [1.807, 2.05) is 0 Å². The van der Waals surface area contributed by atoms with Crippen molar-refractivity contribution < 1.29 is 27.0 Å². The first kappa shape index (κ1) is 13.9. The lowest BCUT2D eigenvalue weighted by atomic mass is 10.2. The third-order valence-electron chi connectivity index (χ3n) is 2.56. The molecule has 0 aromatic heterocycles. The highest BCUT2D eigenvalue weighted by Crippen LogP contribution is 2.32. The van der Waals surface area contributed by atoms with E-state index in [0.717, 1.165) is 12.8 Å². The summed E-state index contributed by atoms with van der Waals surface area (Å²) in [4.78, 5) is 0. The van der Waals surface area contributed by atoms with E-state index in [0.29, 0.717) is 13.0 Å². The third-order valence-corrected chi connectivity index (χ3v) is 3.50. The second-order valence-corrected chi connectivity index (χ2v) is 4.89. The van der Waals surface area contributed by atoms with Crippen LogP contribution in [0.3, 0.4) is 0 Å². The van der Waals surface area contributed by atoms with E-state index in [9.17, 15) is 17.6 Å². The SMILES string of the molecule is Fc1c(F)c(OC2CCCCO2)c(F)c(F)c1I. The van der Waals surface area contributed by atoms with E-state index >= 15 is 0 Å². The van der Waals surface area contributed by atoms with Gasteiger partial charge in [0.25, 0.3) is 0 Å². The van der Waals surface area contributed by atoms with E-state index < -0.39 is 38.9 Å². The Morgan fingerprint density at radius 2 is 1.61 bits per heavy atom. The monoisotopic (exact) mass is 376 g/mol. The summed E-state index contributed by atoms with van der Waals surface area (Å²) in [6.07, 6.45) is 1.14. The molecule has 1 aliphatic heterocycles. The molecular formula is C11H9F4IO2. The van der Waals surface area contributed by atoms with Gasteiger partial charge in [-0.25, -0.2) is 8.78 Å². The molecule has 0 bridgehead atoms. The Hall–Kier alpha value is -0.570. The highest BCUT2D eigenvalue weighted by molar-refractivity contribution is 14.1. The van der Waals surface area contributed by atoms with Crippen LogP contribution in [0.4, 0.5) is 17.6 Å². The van der Waals surface area contributed by atoms with Gasteiger partial charge in [-0.1, -0.05) is 0 Å². The number of hydrogen-bond donors (Lipinski definition) is 0. The standard InChI is InChI=1S/C11H9F4IO2/c12-6-8(14)11(9(15)7(13)10(6)16)18-5-3-1-2-4-17-5/h5H,1-4H2. The molecule has 1 fully saturated rings. The smallest absolute Gasteiger partial charge is 0.205 e. The molecule has 1 aromatic carbocycles. The number of halogens is 5. The van der Waals surface area contributed by atoms with Crippen LogP contribution in [-0.2, 0) is 4.74 Å². The summed E-state index contributed by atoms with van der Waals surface area (Å²) in [7, 11) is 0. The lowest BCUT2D eigenvalue weighted by molar-refractivity contribution is -0.109. The largest absolute Gasteiger partial charge is 0.459 e. The molecule has 7 heteroatoms. The Kier molecular flexibility index (Phi) is 4.31. The molecule has 2 nitrogen and oxygen atoms in total. The summed E-state index contributed by atoms with van der Waals surface area (Å²) in [5, 5.41) is 0. The van der Waals surface area contributed by atoms with Gasteiger partial charge in [0.05, 0.1) is 10.2 Å². The maximum Gasteiger partial charge on any atom is 0.205 e. The van der Waals surface area contributed by atoms with Crippen LogP contribution >= 0.6 is 22.6 Å². The second kappa shape index (κ2) is 5.60. The quantitative estimate of drug-likeness (QED) is 0.339. The molecule has 0 aliphatic carbocycles. The molecule has 2 rings (SSSR count). The summed E-state index contributed by atoms with van der Waals surface area (Å²) in [6, 6.07) is 0. The van der Waals surface area contributed by atoms with Crippen molar-refractivity contribution >= 4 is 22.6 Å². The van der Waals surface area contributed by atoms with Crippen molar-refractivity contribution in [3.63, 3.8) is 0 Å². The van der Waals surface area contributed by atoms with Crippen LogP contribution < -0.4 is 4.74 Å². The van der Waals surface area contributed by atoms with Gasteiger partial charge in [-0.15, -0.1) is 0 Å². The van der Waals surface area contributed by atoms with Gasteiger partial charge in [-0.05, 0) is 35.4 Å². The molecule has 1 aromatic rings. The van der Waals surface area contributed by atoms with Crippen LogP contribution in [0.5, 0.6) is 5.75 Å². The van der Waals surface area contributed by atoms with Gasteiger partial charge >= 0.3 is 0 Å². The Morgan fingerprint density at radius 1 is 1.00 bits per heavy atom. The first-order chi connectivity index (χ1) is 8.52. The molecule has 0 radical (unpaired) electrons. The Morgan fingerprint density at radius 3 is 2.11 bits per heavy atom. The van der Waals surface area contributed by atoms with Crippen molar-refractivity contribution in [3.05, 3.63) is 26.8 Å². The Labute approximate surface area is 114 Å². The molecule has 1 unspecified atom stereocenters. The normalized spacial score (nSPS) is 19.9. The molecule has 0 N–H and O–H groups in total. The minimum atomic E-state index is -1.53. The van der Waals surface area contributed by atoms with Crippen molar-refractivity contribution in [3.8, 4) is 5.75 Å². The van der Waals surface area contributed by atoms with Crippen LogP contribution in [0, 0.1) is 26.8 Å². The zero-order chi connectivity index (χ0) is 13.3. The van der Waals surface area contributed by atoms with Crippen LogP contribution in [-0.4, -0.2) is 12.9 Å². The molecule has 0 spiro atoms. The number of benzene rings is 1. The van der Waals surface area contributed by atoms with Crippen LogP contribution in [0.25, 0.3) is 0 Å². The fraction of sp³-hybridized carbons (Fsp3) is 0.455. The predicted molar refractivity (Wildman–Crippen MR) is 63.2 cm³/mol. The summed E-state index contributed by atoms with van der Waals surface area (Å²) >= 11 is 1.19. The molecule has 1 aliphatic rings. The first-order valence-corrected chi connectivity index (χ1v) is 6.40. The van der Waals surface area contributed by atoms with E-state index in [-0.39, 0.29) is 0 Å². The summed E-state index contributed by atoms with van der Waals surface area (Å²) in [5.74, 6) is -7.04. The maximum atomic E-state index is 13.5. The Bertz CT molecular complexity index is 432. The number of rotatable bonds is 2. The zero-order valence-electron chi connectivity index (χ0n) is 9.11.